The van der Waals surface area contributed by atoms with E-state index in [1.165, 1.54) is 30.6 Å². The van der Waals surface area contributed by atoms with Crippen LogP contribution < -0.4 is 0 Å². The van der Waals surface area contributed by atoms with Gasteiger partial charge in [-0.1, -0.05) is 44.5 Å². The molecule has 0 aliphatic heterocycles. The van der Waals surface area contributed by atoms with E-state index >= 15 is 0 Å². The van der Waals surface area contributed by atoms with Gasteiger partial charge < -0.3 is 4.89 Å². The van der Waals surface area contributed by atoms with Crippen LogP contribution in [0, 0.1) is 5.92 Å². The fourth-order valence-corrected chi connectivity index (χ4v) is 4.15. The second kappa shape index (κ2) is 9.76. The molecule has 0 rings (SSSR count). The summed E-state index contributed by atoms with van der Waals surface area (Å²) in [7, 11) is 0. The van der Waals surface area contributed by atoms with Gasteiger partial charge >= 0.3 is 0 Å². The van der Waals surface area contributed by atoms with E-state index in [2.05, 4.69) is 13.8 Å². The molecule has 0 aromatic carbocycles. The average molecular weight is 300 g/mol. The molecule has 0 bridgehead atoms. The van der Waals surface area contributed by atoms with Crippen molar-refractivity contribution in [3.8, 4) is 0 Å². The maximum Gasteiger partial charge on any atom is 0.275 e. The van der Waals surface area contributed by atoms with Gasteiger partial charge in [-0.05, 0) is 38.0 Å². The van der Waals surface area contributed by atoms with Crippen molar-refractivity contribution in [3.63, 3.8) is 0 Å². The van der Waals surface area contributed by atoms with Crippen LogP contribution in [0.5, 0.6) is 0 Å². The van der Waals surface area contributed by atoms with E-state index in [0.717, 1.165) is 18.1 Å². The van der Waals surface area contributed by atoms with Crippen LogP contribution in [0.25, 0.3) is 0 Å². The van der Waals surface area contributed by atoms with Crippen molar-refractivity contribution in [1.29, 1.82) is 0 Å². The van der Waals surface area contributed by atoms with Crippen molar-refractivity contribution in [2.75, 3.05) is 5.75 Å². The zero-order valence-corrected chi connectivity index (χ0v) is 13.7. The van der Waals surface area contributed by atoms with E-state index in [9.17, 15) is 4.89 Å². The lowest BCUT2D eigenvalue weighted by Crippen LogP contribution is -2.01. The van der Waals surface area contributed by atoms with E-state index < -0.39 is 5.69 Å². The van der Waals surface area contributed by atoms with Gasteiger partial charge in [-0.15, -0.1) is 0 Å². The largest absolute Gasteiger partial charge is 0.336 e. The SMILES string of the molecule is CC(C)CCCCCSP(O)(=S)OOC(C)C. The highest BCUT2D eigenvalue weighted by atomic mass is 32.9. The first-order chi connectivity index (χ1) is 7.83. The normalized spacial score (nSPS) is 15.5. The molecule has 1 N–H and O–H groups in total. The van der Waals surface area contributed by atoms with Gasteiger partial charge in [-0.2, -0.15) is 4.67 Å². The molecule has 1 unspecified atom stereocenters. The Bertz CT molecular complexity index is 235. The summed E-state index contributed by atoms with van der Waals surface area (Å²) in [6, 6.07) is 0. The van der Waals surface area contributed by atoms with Gasteiger partial charge in [0.1, 0.15) is 0 Å². The minimum Gasteiger partial charge on any atom is -0.336 e. The molecule has 0 heterocycles. The Morgan fingerprint density at radius 2 is 1.82 bits per heavy atom. The third kappa shape index (κ3) is 13.1. The molecule has 0 saturated heterocycles. The van der Waals surface area contributed by atoms with Gasteiger partial charge in [-0.25, -0.2) is 4.89 Å². The number of hydrogen-bond donors (Lipinski definition) is 1. The molecule has 0 aliphatic carbocycles. The molecular formula is C11H25O3PS2. The molecule has 0 spiro atoms. The predicted octanol–water partition coefficient (Wildman–Crippen LogP) is 4.51. The summed E-state index contributed by atoms with van der Waals surface area (Å²) in [5.41, 5.74) is -2.79. The van der Waals surface area contributed by atoms with E-state index in [1.54, 1.807) is 0 Å². The van der Waals surface area contributed by atoms with Gasteiger partial charge in [0, 0.05) is 5.75 Å². The highest BCUT2D eigenvalue weighted by molar-refractivity contribution is 8.67. The Kier molecular flexibility index (Phi) is 10.3. The quantitative estimate of drug-likeness (QED) is 0.278. The zero-order valence-electron chi connectivity index (χ0n) is 11.2. The minimum atomic E-state index is -2.79. The second-order valence-corrected chi connectivity index (χ2v) is 11.0. The van der Waals surface area contributed by atoms with Crippen LogP contribution in [0.3, 0.4) is 0 Å². The molecule has 0 fully saturated rings. The molecule has 0 amide bonds. The van der Waals surface area contributed by atoms with Crippen LogP contribution in [0.2, 0.25) is 0 Å². The highest BCUT2D eigenvalue weighted by Crippen LogP contribution is 2.56. The Labute approximate surface area is 115 Å². The fourth-order valence-electron chi connectivity index (χ4n) is 1.17. The smallest absolute Gasteiger partial charge is 0.275 e. The third-order valence-electron chi connectivity index (χ3n) is 2.01. The van der Waals surface area contributed by atoms with Crippen LogP contribution in [-0.2, 0) is 21.4 Å². The van der Waals surface area contributed by atoms with Crippen LogP contribution in [0.15, 0.2) is 0 Å². The molecule has 1 atom stereocenters. The zero-order chi connectivity index (χ0) is 13.3. The van der Waals surface area contributed by atoms with Crippen LogP contribution in [0.1, 0.15) is 53.4 Å². The first-order valence-electron chi connectivity index (χ1n) is 6.16. The monoisotopic (exact) mass is 300 g/mol. The molecule has 0 saturated carbocycles. The summed E-state index contributed by atoms with van der Waals surface area (Å²) in [5, 5.41) is 0. The molecule has 0 aliphatic rings. The van der Waals surface area contributed by atoms with Gasteiger partial charge in [-0.3, -0.25) is 0 Å². The van der Waals surface area contributed by atoms with E-state index in [0.29, 0.717) is 0 Å². The van der Waals surface area contributed by atoms with Crippen molar-refractivity contribution >= 4 is 28.9 Å². The van der Waals surface area contributed by atoms with E-state index in [4.69, 9.17) is 21.4 Å². The van der Waals surface area contributed by atoms with Crippen LogP contribution in [-0.4, -0.2) is 16.8 Å². The maximum absolute atomic E-state index is 9.75. The second-order valence-electron chi connectivity index (χ2n) is 4.76. The average Bonchev–Trinajstić information content (AvgIpc) is 2.20. The van der Waals surface area contributed by atoms with Crippen LogP contribution in [0.4, 0.5) is 0 Å². The minimum absolute atomic E-state index is 0.0730. The molecular weight excluding hydrogens is 275 g/mol. The molecule has 6 heteroatoms. The number of rotatable bonds is 10. The number of hydrogen-bond acceptors (Lipinski definition) is 4. The van der Waals surface area contributed by atoms with Gasteiger partial charge in [0.25, 0.3) is 5.69 Å². The predicted molar refractivity (Wildman–Crippen MR) is 79.6 cm³/mol. The molecule has 0 radical (unpaired) electrons. The summed E-state index contributed by atoms with van der Waals surface area (Å²) < 4.78 is 4.88. The first kappa shape index (κ1) is 17.9. The fraction of sp³-hybridized carbons (Fsp3) is 1.00. The lowest BCUT2D eigenvalue weighted by molar-refractivity contribution is -0.232. The number of unbranched alkanes of at least 4 members (excludes halogenated alkanes) is 2. The Balaban J connectivity index is 3.49. The van der Waals surface area contributed by atoms with Crippen molar-refractivity contribution in [2.45, 2.75) is 59.5 Å². The van der Waals surface area contributed by atoms with E-state index in [1.807, 2.05) is 13.8 Å². The topological polar surface area (TPSA) is 38.7 Å². The first-order valence-corrected chi connectivity index (χ1v) is 10.4. The standard InChI is InChI=1S/C11H25O3PS2/c1-10(2)8-6-5-7-9-17-15(12,16)14-13-11(3)4/h10-11H,5-9H2,1-4H3,(H,12,16). The molecule has 0 aromatic rings. The van der Waals surface area contributed by atoms with Gasteiger partial charge in [0.2, 0.25) is 0 Å². The Morgan fingerprint density at radius 3 is 2.35 bits per heavy atom. The third-order valence-corrected chi connectivity index (χ3v) is 5.92. The Morgan fingerprint density at radius 1 is 1.18 bits per heavy atom. The summed E-state index contributed by atoms with van der Waals surface area (Å²) in [6.07, 6.45) is 4.70. The lowest BCUT2D eigenvalue weighted by Gasteiger charge is -2.15. The summed E-state index contributed by atoms with van der Waals surface area (Å²) in [5.74, 6) is 1.61. The highest BCUT2D eigenvalue weighted by Gasteiger charge is 2.16. The van der Waals surface area contributed by atoms with Crippen molar-refractivity contribution < 1.29 is 14.5 Å². The molecule has 17 heavy (non-hydrogen) atoms. The maximum atomic E-state index is 9.75. The summed E-state index contributed by atoms with van der Waals surface area (Å²) in [4.78, 5) is 14.6. The molecule has 3 nitrogen and oxygen atoms in total. The molecule has 0 aromatic heterocycles. The van der Waals surface area contributed by atoms with Crippen molar-refractivity contribution in [1.82, 2.24) is 0 Å². The van der Waals surface area contributed by atoms with E-state index in [-0.39, 0.29) is 6.10 Å². The van der Waals surface area contributed by atoms with Crippen LogP contribution >= 0.6 is 17.1 Å². The molecule has 104 valence electrons. The lowest BCUT2D eigenvalue weighted by atomic mass is 10.1. The van der Waals surface area contributed by atoms with Crippen molar-refractivity contribution in [2.24, 2.45) is 5.92 Å². The Hall–Kier alpha value is 0.880. The van der Waals surface area contributed by atoms with Gasteiger partial charge in [0.05, 0.1) is 6.10 Å². The van der Waals surface area contributed by atoms with Crippen molar-refractivity contribution in [3.05, 3.63) is 0 Å². The van der Waals surface area contributed by atoms with Gasteiger partial charge in [0.15, 0.2) is 0 Å². The summed E-state index contributed by atoms with van der Waals surface area (Å²) >= 11 is 6.28. The summed E-state index contributed by atoms with van der Waals surface area (Å²) in [6.45, 7) is 8.15.